The van der Waals surface area contributed by atoms with Crippen molar-refractivity contribution in [3.63, 3.8) is 0 Å². The Hall–Kier alpha value is -0.750. The Bertz CT molecular complexity index is 241. The molecular formula is C6H9NO3S. The first-order valence-electron chi connectivity index (χ1n) is 2.86. The van der Waals surface area contributed by atoms with Gasteiger partial charge in [-0.25, -0.2) is 0 Å². The van der Waals surface area contributed by atoms with Gasteiger partial charge in [0, 0.05) is 5.69 Å². The summed E-state index contributed by atoms with van der Waals surface area (Å²) in [6.07, 6.45) is 0. The highest BCUT2D eigenvalue weighted by atomic mass is 32.3. The van der Waals surface area contributed by atoms with Crippen LogP contribution in [0.3, 0.4) is 0 Å². The van der Waals surface area contributed by atoms with Crippen LogP contribution in [0.15, 0.2) is 29.2 Å². The number of anilines is 1. The number of nitrogen functional groups attached to an aromatic ring is 1. The molecule has 0 saturated heterocycles. The zero-order valence-electron chi connectivity index (χ0n) is 5.64. The number of hydrogen-bond donors (Lipinski definition) is 4. The molecule has 0 aliphatic rings. The molecule has 5 heteroatoms. The molecule has 0 unspecified atom stereocenters. The SMILES string of the molecule is Nc1ccc(S(O)(O)O)cc1. The highest BCUT2D eigenvalue weighted by Gasteiger charge is 2.13. The molecule has 0 bridgehead atoms. The fraction of sp³-hybridized carbons (Fsp3) is 0. The van der Waals surface area contributed by atoms with Crippen LogP contribution in [0.25, 0.3) is 0 Å². The number of rotatable bonds is 1. The molecule has 62 valence electrons. The number of nitrogens with two attached hydrogens (primary N) is 1. The molecule has 0 heterocycles. The molecule has 0 aromatic heterocycles. The number of benzene rings is 1. The van der Waals surface area contributed by atoms with Crippen LogP contribution in [0, 0.1) is 0 Å². The van der Waals surface area contributed by atoms with Crippen LogP contribution >= 0.6 is 10.9 Å². The van der Waals surface area contributed by atoms with Gasteiger partial charge in [-0.3, -0.25) is 0 Å². The summed E-state index contributed by atoms with van der Waals surface area (Å²) in [5, 5.41) is 0. The van der Waals surface area contributed by atoms with Gasteiger partial charge in [-0.2, -0.15) is 0 Å². The quantitative estimate of drug-likeness (QED) is 0.490. The van der Waals surface area contributed by atoms with Crippen LogP contribution < -0.4 is 5.73 Å². The smallest absolute Gasteiger partial charge is 0.112 e. The van der Waals surface area contributed by atoms with Crippen molar-refractivity contribution in [3.8, 4) is 0 Å². The van der Waals surface area contributed by atoms with Crippen molar-refractivity contribution in [2.75, 3.05) is 5.73 Å². The fourth-order valence-corrected chi connectivity index (χ4v) is 1.15. The van der Waals surface area contributed by atoms with Crippen molar-refractivity contribution in [1.29, 1.82) is 0 Å². The third-order valence-corrected chi connectivity index (χ3v) is 2.10. The first kappa shape index (κ1) is 8.35. The lowest BCUT2D eigenvalue weighted by molar-refractivity contribution is 0.376. The molecule has 0 amide bonds. The Morgan fingerprint density at radius 2 is 1.45 bits per heavy atom. The maximum absolute atomic E-state index is 8.73. The Kier molecular flexibility index (Phi) is 2.05. The summed E-state index contributed by atoms with van der Waals surface area (Å²) in [5.74, 6) is 0. The first-order chi connectivity index (χ1) is 5.00. The Labute approximate surface area is 65.8 Å². The summed E-state index contributed by atoms with van der Waals surface area (Å²) >= 11 is 0. The Balaban J connectivity index is 2.99. The molecule has 0 aliphatic carbocycles. The lowest BCUT2D eigenvalue weighted by Crippen LogP contribution is -1.95. The predicted octanol–water partition coefficient (Wildman–Crippen LogP) is 1.85. The van der Waals surface area contributed by atoms with E-state index in [0.717, 1.165) is 0 Å². The molecule has 0 atom stereocenters. The van der Waals surface area contributed by atoms with Crippen LogP contribution in [0.1, 0.15) is 0 Å². The lowest BCUT2D eigenvalue weighted by atomic mass is 10.3. The Morgan fingerprint density at radius 1 is 1.00 bits per heavy atom. The van der Waals surface area contributed by atoms with Gasteiger partial charge in [0.15, 0.2) is 0 Å². The average molecular weight is 175 g/mol. The predicted molar refractivity (Wildman–Crippen MR) is 44.6 cm³/mol. The molecule has 0 fully saturated rings. The maximum Gasteiger partial charge on any atom is 0.112 e. The van der Waals surface area contributed by atoms with Crippen molar-refractivity contribution in [3.05, 3.63) is 24.3 Å². The van der Waals surface area contributed by atoms with Crippen LogP contribution in [0.5, 0.6) is 0 Å². The van der Waals surface area contributed by atoms with E-state index < -0.39 is 10.9 Å². The lowest BCUT2D eigenvalue weighted by Gasteiger charge is -2.18. The second kappa shape index (κ2) is 2.71. The molecular weight excluding hydrogens is 166 g/mol. The molecule has 0 radical (unpaired) electrons. The van der Waals surface area contributed by atoms with E-state index in [9.17, 15) is 0 Å². The standard InChI is InChI=1S/C6H9NO3S/c7-5-1-3-6(4-2-5)11(8,9)10/h1-4,8-10H,7H2. The van der Waals surface area contributed by atoms with Crippen LogP contribution in [-0.4, -0.2) is 13.7 Å². The molecule has 1 rings (SSSR count). The normalized spacial score (nSPS) is 13.0. The Morgan fingerprint density at radius 3 is 1.82 bits per heavy atom. The van der Waals surface area contributed by atoms with E-state index in [2.05, 4.69) is 0 Å². The largest absolute Gasteiger partial charge is 0.399 e. The minimum Gasteiger partial charge on any atom is -0.399 e. The highest BCUT2D eigenvalue weighted by Crippen LogP contribution is 2.43. The third-order valence-electron chi connectivity index (χ3n) is 1.20. The van der Waals surface area contributed by atoms with Gasteiger partial charge in [0.25, 0.3) is 0 Å². The summed E-state index contributed by atoms with van der Waals surface area (Å²) in [5.41, 5.74) is 5.85. The van der Waals surface area contributed by atoms with E-state index in [1.54, 1.807) is 0 Å². The van der Waals surface area contributed by atoms with Crippen molar-refractivity contribution < 1.29 is 13.7 Å². The second-order valence-electron chi connectivity index (χ2n) is 2.09. The third kappa shape index (κ3) is 2.09. The van der Waals surface area contributed by atoms with Gasteiger partial charge in [0.2, 0.25) is 0 Å². The van der Waals surface area contributed by atoms with Crippen molar-refractivity contribution in [1.82, 2.24) is 0 Å². The first-order valence-corrected chi connectivity index (χ1v) is 4.37. The van der Waals surface area contributed by atoms with Gasteiger partial charge >= 0.3 is 0 Å². The zero-order valence-corrected chi connectivity index (χ0v) is 6.45. The summed E-state index contributed by atoms with van der Waals surface area (Å²) < 4.78 is 26.2. The fourth-order valence-electron chi connectivity index (χ4n) is 0.650. The molecule has 1 aromatic carbocycles. The summed E-state index contributed by atoms with van der Waals surface area (Å²) in [4.78, 5) is 0.0756. The van der Waals surface area contributed by atoms with Crippen molar-refractivity contribution in [2.24, 2.45) is 0 Å². The zero-order chi connectivity index (χ0) is 8.48. The van der Waals surface area contributed by atoms with Gasteiger partial charge in [-0.15, -0.1) is 0 Å². The highest BCUT2D eigenvalue weighted by molar-refractivity contribution is 8.19. The van der Waals surface area contributed by atoms with E-state index in [4.69, 9.17) is 19.4 Å². The van der Waals surface area contributed by atoms with E-state index in [0.29, 0.717) is 5.69 Å². The molecule has 0 aliphatic heterocycles. The summed E-state index contributed by atoms with van der Waals surface area (Å²) in [7, 11) is -3.58. The second-order valence-corrected chi connectivity index (χ2v) is 3.60. The van der Waals surface area contributed by atoms with E-state index in [1.807, 2.05) is 0 Å². The van der Waals surface area contributed by atoms with Crippen LogP contribution in [-0.2, 0) is 0 Å². The molecule has 5 N–H and O–H groups in total. The summed E-state index contributed by atoms with van der Waals surface area (Å²) in [6.45, 7) is 0. The van der Waals surface area contributed by atoms with Gasteiger partial charge in [-0.05, 0) is 24.3 Å². The average Bonchev–Trinajstić information content (AvgIpc) is 1.86. The molecule has 1 aromatic rings. The van der Waals surface area contributed by atoms with Gasteiger partial charge in [0.05, 0.1) is 4.90 Å². The topological polar surface area (TPSA) is 86.7 Å². The van der Waals surface area contributed by atoms with Gasteiger partial charge in [0.1, 0.15) is 10.9 Å². The van der Waals surface area contributed by atoms with Crippen molar-refractivity contribution >= 4 is 16.6 Å². The minimum absolute atomic E-state index is 0.0756. The van der Waals surface area contributed by atoms with Crippen molar-refractivity contribution in [2.45, 2.75) is 4.90 Å². The number of hydrogen-bond acceptors (Lipinski definition) is 4. The van der Waals surface area contributed by atoms with Crippen LogP contribution in [0.2, 0.25) is 0 Å². The monoisotopic (exact) mass is 175 g/mol. The minimum atomic E-state index is -3.58. The van der Waals surface area contributed by atoms with Gasteiger partial charge in [-0.1, -0.05) is 0 Å². The van der Waals surface area contributed by atoms with Gasteiger partial charge < -0.3 is 19.4 Å². The molecule has 0 saturated carbocycles. The summed E-state index contributed by atoms with van der Waals surface area (Å²) in [6, 6.07) is 5.70. The molecule has 4 nitrogen and oxygen atoms in total. The molecule has 0 spiro atoms. The van der Waals surface area contributed by atoms with E-state index in [-0.39, 0.29) is 4.90 Å². The van der Waals surface area contributed by atoms with E-state index in [1.165, 1.54) is 24.3 Å². The van der Waals surface area contributed by atoms with Crippen LogP contribution in [0.4, 0.5) is 5.69 Å². The molecule has 11 heavy (non-hydrogen) atoms. The maximum atomic E-state index is 8.73. The van der Waals surface area contributed by atoms with E-state index >= 15 is 0 Å².